The maximum Gasteiger partial charge on any atom is 0.432 e. The van der Waals surface area contributed by atoms with Gasteiger partial charge in [0, 0.05) is 17.2 Å². The zero-order valence-corrected chi connectivity index (χ0v) is 29.8. The van der Waals surface area contributed by atoms with Crippen LogP contribution >= 0.6 is 27.5 Å². The number of esters is 1. The number of hydrogen-bond donors (Lipinski definition) is 0. The number of nitrogens with zero attached hydrogens (tertiary/aromatic N) is 3. The van der Waals surface area contributed by atoms with Gasteiger partial charge in [0.1, 0.15) is 36.1 Å². The van der Waals surface area contributed by atoms with Crippen LogP contribution < -0.4 is 4.74 Å². The second kappa shape index (κ2) is 15.1. The lowest BCUT2D eigenvalue weighted by molar-refractivity contribution is -0.150. The van der Waals surface area contributed by atoms with E-state index in [1.54, 1.807) is 55.5 Å². The average Bonchev–Trinajstić information content (AvgIpc) is 3.29. The molecule has 7 nitrogen and oxygen atoms in total. The Morgan fingerprint density at radius 2 is 1.59 bits per heavy atom. The lowest BCUT2D eigenvalue weighted by Gasteiger charge is -2.15. The molecule has 5 rings (SSSR count). The standard InChI is InChI=1S/C22H23NO3.C15H11BrClF3N2O/c1-21(2)19(22(21,3)4)20(24)26-18(14-23)15-9-8-12-17(13-15)25-16-10-6-5-7-11-16;1-2-23-8-22-13(9-3-5-10(17)6-4-9)11(7-21)12(16)14(22)15(18,19)20/h5-13,18-19H,1-4H3;3-6H,2,8H2,1H3. The van der Waals surface area contributed by atoms with Crippen LogP contribution in [0.15, 0.2) is 83.3 Å². The highest BCUT2D eigenvalue weighted by molar-refractivity contribution is 9.10. The molecule has 0 saturated heterocycles. The molecule has 1 fully saturated rings. The summed E-state index contributed by atoms with van der Waals surface area (Å²) in [4.78, 5) is 12.6. The highest BCUT2D eigenvalue weighted by Gasteiger charge is 2.69. The molecule has 49 heavy (non-hydrogen) atoms. The first-order chi connectivity index (χ1) is 23.1. The number of aromatic nitrogens is 1. The molecule has 1 heterocycles. The minimum Gasteiger partial charge on any atom is -0.457 e. The minimum atomic E-state index is -4.63. The number of para-hydroxylation sites is 1. The van der Waals surface area contributed by atoms with Crippen molar-refractivity contribution in [2.24, 2.45) is 16.7 Å². The van der Waals surface area contributed by atoms with Crippen LogP contribution in [-0.4, -0.2) is 17.1 Å². The summed E-state index contributed by atoms with van der Waals surface area (Å²) in [5.74, 6) is 0.782. The van der Waals surface area contributed by atoms with Crippen molar-refractivity contribution in [1.29, 1.82) is 10.5 Å². The highest BCUT2D eigenvalue weighted by atomic mass is 79.9. The first kappa shape index (κ1) is 37.5. The number of ether oxygens (including phenoxy) is 3. The van der Waals surface area contributed by atoms with E-state index in [0.717, 1.165) is 4.57 Å². The molecule has 1 aliphatic carbocycles. The van der Waals surface area contributed by atoms with Crippen LogP contribution in [0.25, 0.3) is 11.3 Å². The van der Waals surface area contributed by atoms with Gasteiger partial charge in [-0.2, -0.15) is 23.7 Å². The Kier molecular flexibility index (Phi) is 11.6. The van der Waals surface area contributed by atoms with Crippen LogP contribution in [-0.2, 0) is 27.2 Å². The predicted molar refractivity (Wildman–Crippen MR) is 182 cm³/mol. The number of carbonyl (C=O) groups excluding carboxylic acids is 1. The number of halogens is 5. The second-order valence-electron chi connectivity index (χ2n) is 12.4. The fraction of sp³-hybridized carbons (Fsp3) is 0.324. The zero-order chi connectivity index (χ0) is 36.1. The van der Waals surface area contributed by atoms with Crippen molar-refractivity contribution < 1.29 is 32.2 Å². The third kappa shape index (κ3) is 8.13. The lowest BCUT2D eigenvalue weighted by Crippen LogP contribution is -2.16. The van der Waals surface area contributed by atoms with E-state index in [4.69, 9.17) is 25.8 Å². The first-order valence-corrected chi connectivity index (χ1v) is 16.4. The second-order valence-corrected chi connectivity index (χ2v) is 13.6. The molecule has 0 bridgehead atoms. The van der Waals surface area contributed by atoms with Crippen molar-refractivity contribution >= 4 is 33.5 Å². The number of alkyl halides is 3. The number of benzene rings is 3. The van der Waals surface area contributed by atoms with Gasteiger partial charge >= 0.3 is 12.1 Å². The molecule has 0 spiro atoms. The Labute approximate surface area is 296 Å². The third-order valence-corrected chi connectivity index (χ3v) is 9.90. The van der Waals surface area contributed by atoms with Crippen molar-refractivity contribution in [2.45, 2.75) is 53.6 Å². The Balaban J connectivity index is 0.000000223. The van der Waals surface area contributed by atoms with Crippen LogP contribution in [0.1, 0.15) is 57.5 Å². The van der Waals surface area contributed by atoms with E-state index in [1.165, 1.54) is 0 Å². The maximum absolute atomic E-state index is 13.4. The predicted octanol–water partition coefficient (Wildman–Crippen LogP) is 10.7. The molecule has 3 aromatic carbocycles. The molecule has 1 unspecified atom stereocenters. The summed E-state index contributed by atoms with van der Waals surface area (Å²) in [5, 5.41) is 19.3. The monoisotopic (exact) mass is 755 g/mol. The molecular formula is C37H34BrClF3N3O4. The fourth-order valence-electron chi connectivity index (χ4n) is 5.69. The summed E-state index contributed by atoms with van der Waals surface area (Å²) in [7, 11) is 0. The molecule has 1 aromatic heterocycles. The average molecular weight is 757 g/mol. The Bertz CT molecular complexity index is 1860. The minimum absolute atomic E-state index is 0.0978. The molecule has 1 aliphatic rings. The lowest BCUT2D eigenvalue weighted by atomic mass is 10.0. The number of rotatable bonds is 9. The Hall–Kier alpha value is -4.29. The molecule has 12 heteroatoms. The molecular weight excluding hydrogens is 723 g/mol. The molecule has 256 valence electrons. The topological polar surface area (TPSA) is 97.3 Å². The highest BCUT2D eigenvalue weighted by Crippen LogP contribution is 2.68. The van der Waals surface area contributed by atoms with Crippen LogP contribution in [0.3, 0.4) is 0 Å². The van der Waals surface area contributed by atoms with Gasteiger partial charge < -0.3 is 18.8 Å². The summed E-state index contributed by atoms with van der Waals surface area (Å²) in [6.07, 6.45) is -5.58. The molecule has 0 aliphatic heterocycles. The van der Waals surface area contributed by atoms with Crippen LogP contribution in [0, 0.1) is 39.4 Å². The van der Waals surface area contributed by atoms with Gasteiger partial charge in [0.05, 0.1) is 21.6 Å². The molecule has 0 N–H and O–H groups in total. The van der Waals surface area contributed by atoms with E-state index in [0.29, 0.717) is 27.6 Å². The van der Waals surface area contributed by atoms with E-state index in [9.17, 15) is 28.5 Å². The van der Waals surface area contributed by atoms with Crippen LogP contribution in [0.4, 0.5) is 13.2 Å². The zero-order valence-electron chi connectivity index (χ0n) is 27.4. The SMILES string of the molecule is CC1(C)C(C(=O)OC(C#N)c2cccc(Oc3ccccc3)c2)C1(C)C.CCOCn1c(-c2ccc(Cl)cc2)c(C#N)c(Br)c1C(F)(F)F. The van der Waals surface area contributed by atoms with Crippen LogP contribution in [0.5, 0.6) is 11.5 Å². The van der Waals surface area contributed by atoms with Crippen LogP contribution in [0.2, 0.25) is 5.02 Å². The normalized spacial score (nSPS) is 15.2. The fourth-order valence-corrected chi connectivity index (χ4v) is 6.53. The van der Waals surface area contributed by atoms with E-state index in [-0.39, 0.29) is 51.8 Å². The van der Waals surface area contributed by atoms with Gasteiger partial charge in [-0.3, -0.25) is 4.79 Å². The van der Waals surface area contributed by atoms with Crippen molar-refractivity contribution in [3.63, 3.8) is 0 Å². The summed E-state index contributed by atoms with van der Waals surface area (Å²) >= 11 is 8.73. The molecule has 1 saturated carbocycles. The van der Waals surface area contributed by atoms with Gasteiger partial charge in [0.2, 0.25) is 6.10 Å². The number of hydrogen-bond acceptors (Lipinski definition) is 6. The van der Waals surface area contributed by atoms with Gasteiger partial charge in [-0.05, 0) is 75.6 Å². The number of carbonyl (C=O) groups is 1. The smallest absolute Gasteiger partial charge is 0.432 e. The number of nitriles is 2. The van der Waals surface area contributed by atoms with Crippen molar-refractivity contribution in [1.82, 2.24) is 4.57 Å². The molecule has 0 radical (unpaired) electrons. The van der Waals surface area contributed by atoms with Gasteiger partial charge in [-0.1, -0.05) is 81.8 Å². The molecule has 1 atom stereocenters. The van der Waals surface area contributed by atoms with E-state index in [1.807, 2.05) is 36.4 Å². The summed E-state index contributed by atoms with van der Waals surface area (Å²) in [5.41, 5.74) is -0.110. The maximum atomic E-state index is 13.4. The van der Waals surface area contributed by atoms with Crippen molar-refractivity contribution in [3.05, 3.63) is 105 Å². The third-order valence-electron chi connectivity index (χ3n) is 8.87. The van der Waals surface area contributed by atoms with Gasteiger partial charge in [0.15, 0.2) is 0 Å². The van der Waals surface area contributed by atoms with Crippen molar-refractivity contribution in [2.75, 3.05) is 6.61 Å². The Morgan fingerprint density at radius 3 is 2.12 bits per heavy atom. The summed E-state index contributed by atoms with van der Waals surface area (Å²) in [6.45, 7) is 9.81. The van der Waals surface area contributed by atoms with Crippen molar-refractivity contribution in [3.8, 4) is 34.9 Å². The van der Waals surface area contributed by atoms with Gasteiger partial charge in [0.25, 0.3) is 0 Å². The van der Waals surface area contributed by atoms with Gasteiger partial charge in [-0.25, -0.2) is 0 Å². The Morgan fingerprint density at radius 1 is 0.980 bits per heavy atom. The molecule has 4 aromatic rings. The first-order valence-electron chi connectivity index (χ1n) is 15.2. The summed E-state index contributed by atoms with van der Waals surface area (Å²) in [6, 6.07) is 26.6. The molecule has 0 amide bonds. The van der Waals surface area contributed by atoms with E-state index < -0.39 is 18.0 Å². The van der Waals surface area contributed by atoms with E-state index in [2.05, 4.69) is 49.7 Å². The largest absolute Gasteiger partial charge is 0.457 e. The van der Waals surface area contributed by atoms with E-state index >= 15 is 0 Å². The quantitative estimate of drug-likeness (QED) is 0.158. The summed E-state index contributed by atoms with van der Waals surface area (Å²) < 4.78 is 57.4. The van der Waals surface area contributed by atoms with Gasteiger partial charge in [-0.15, -0.1) is 0 Å².